The van der Waals surface area contributed by atoms with Gasteiger partial charge >= 0.3 is 12.2 Å². The Morgan fingerprint density at radius 1 is 1.17 bits per heavy atom. The first-order valence-corrected chi connectivity index (χ1v) is 4.95. The summed E-state index contributed by atoms with van der Waals surface area (Å²) in [5.74, 6) is 0. The standard InChI is InChI=1S/C11H12F3N3O/c1-7(16-17-10(18)15-2)8-3-5-9(6-4-8)11(12,13)14/h3-6,16H,1H2,2H3,(H2,15,17,18). The average molecular weight is 259 g/mol. The van der Waals surface area contributed by atoms with Crippen molar-refractivity contribution in [3.8, 4) is 0 Å². The van der Waals surface area contributed by atoms with Crippen molar-refractivity contribution in [1.29, 1.82) is 0 Å². The Morgan fingerprint density at radius 2 is 1.72 bits per heavy atom. The highest BCUT2D eigenvalue weighted by atomic mass is 19.4. The van der Waals surface area contributed by atoms with Gasteiger partial charge in [-0.3, -0.25) is 10.9 Å². The maximum Gasteiger partial charge on any atom is 0.416 e. The zero-order chi connectivity index (χ0) is 13.8. The maximum absolute atomic E-state index is 12.3. The fourth-order valence-corrected chi connectivity index (χ4v) is 1.13. The van der Waals surface area contributed by atoms with Crippen LogP contribution in [0.2, 0.25) is 0 Å². The van der Waals surface area contributed by atoms with Crippen molar-refractivity contribution >= 4 is 11.7 Å². The van der Waals surface area contributed by atoms with Crippen molar-refractivity contribution in [3.05, 3.63) is 42.0 Å². The summed E-state index contributed by atoms with van der Waals surface area (Å²) in [5.41, 5.74) is 4.71. The van der Waals surface area contributed by atoms with Gasteiger partial charge in [0.05, 0.1) is 11.3 Å². The van der Waals surface area contributed by atoms with Crippen LogP contribution < -0.4 is 16.2 Å². The molecule has 0 aliphatic rings. The maximum atomic E-state index is 12.3. The van der Waals surface area contributed by atoms with E-state index in [-0.39, 0.29) is 5.70 Å². The van der Waals surface area contributed by atoms with Gasteiger partial charge in [-0.1, -0.05) is 18.7 Å². The molecule has 1 aromatic carbocycles. The molecule has 0 spiro atoms. The third-order valence-electron chi connectivity index (χ3n) is 2.11. The molecule has 0 aliphatic carbocycles. The smallest absolute Gasteiger partial charge is 0.340 e. The van der Waals surface area contributed by atoms with Crippen molar-refractivity contribution in [2.45, 2.75) is 6.18 Å². The highest BCUT2D eigenvalue weighted by Gasteiger charge is 2.29. The number of halogens is 3. The molecular formula is C11H12F3N3O. The highest BCUT2D eigenvalue weighted by molar-refractivity contribution is 5.74. The number of carbonyl (C=O) groups excluding carboxylic acids is 1. The van der Waals surface area contributed by atoms with Crippen molar-refractivity contribution in [1.82, 2.24) is 16.2 Å². The number of hydrogen-bond donors (Lipinski definition) is 3. The minimum atomic E-state index is -4.37. The van der Waals surface area contributed by atoms with E-state index < -0.39 is 17.8 Å². The summed E-state index contributed by atoms with van der Waals surface area (Å²) in [6.07, 6.45) is -4.37. The van der Waals surface area contributed by atoms with Crippen LogP contribution in [-0.4, -0.2) is 13.1 Å². The summed E-state index contributed by atoms with van der Waals surface area (Å²) < 4.78 is 37.0. The lowest BCUT2D eigenvalue weighted by atomic mass is 10.1. The second-order valence-corrected chi connectivity index (χ2v) is 3.38. The van der Waals surface area contributed by atoms with Crippen molar-refractivity contribution in [2.24, 2.45) is 0 Å². The predicted molar refractivity (Wildman–Crippen MR) is 61.2 cm³/mol. The van der Waals surface area contributed by atoms with E-state index in [0.29, 0.717) is 5.56 Å². The lowest BCUT2D eigenvalue weighted by Crippen LogP contribution is -2.41. The van der Waals surface area contributed by atoms with Crippen molar-refractivity contribution < 1.29 is 18.0 Å². The van der Waals surface area contributed by atoms with Gasteiger partial charge in [0.1, 0.15) is 0 Å². The van der Waals surface area contributed by atoms with Gasteiger partial charge in [0, 0.05) is 7.05 Å². The molecule has 0 saturated heterocycles. The first kappa shape index (κ1) is 13.9. The number of carbonyl (C=O) groups is 1. The Hall–Kier alpha value is -2.18. The van der Waals surface area contributed by atoms with Gasteiger partial charge in [0.2, 0.25) is 0 Å². The second-order valence-electron chi connectivity index (χ2n) is 3.38. The summed E-state index contributed by atoms with van der Waals surface area (Å²) in [7, 11) is 1.43. The molecule has 0 aromatic heterocycles. The zero-order valence-electron chi connectivity index (χ0n) is 9.56. The van der Waals surface area contributed by atoms with Crippen LogP contribution in [0, 0.1) is 0 Å². The Kier molecular flexibility index (Phi) is 4.19. The summed E-state index contributed by atoms with van der Waals surface area (Å²) in [5, 5.41) is 2.30. The first-order valence-electron chi connectivity index (χ1n) is 4.95. The Morgan fingerprint density at radius 3 is 2.17 bits per heavy atom. The predicted octanol–water partition coefficient (Wildman–Crippen LogP) is 2.11. The molecule has 0 saturated carbocycles. The number of amides is 2. The van der Waals surface area contributed by atoms with Gasteiger partial charge in [0.25, 0.3) is 0 Å². The largest absolute Gasteiger partial charge is 0.416 e. The number of urea groups is 1. The molecule has 1 rings (SSSR count). The van der Waals surface area contributed by atoms with E-state index in [1.165, 1.54) is 19.2 Å². The molecule has 2 amide bonds. The molecule has 7 heteroatoms. The molecule has 0 bridgehead atoms. The zero-order valence-corrected chi connectivity index (χ0v) is 9.56. The van der Waals surface area contributed by atoms with E-state index in [1.807, 2.05) is 0 Å². The number of hydrazine groups is 1. The van der Waals surface area contributed by atoms with Crippen LogP contribution in [0.4, 0.5) is 18.0 Å². The van der Waals surface area contributed by atoms with Gasteiger partial charge in [-0.2, -0.15) is 13.2 Å². The summed E-state index contributed by atoms with van der Waals surface area (Å²) in [4.78, 5) is 10.9. The van der Waals surface area contributed by atoms with E-state index in [0.717, 1.165) is 12.1 Å². The minimum absolute atomic E-state index is 0.285. The van der Waals surface area contributed by atoms with Crippen LogP contribution in [0.5, 0.6) is 0 Å². The van der Waals surface area contributed by atoms with Gasteiger partial charge < -0.3 is 5.32 Å². The molecular weight excluding hydrogens is 247 g/mol. The van der Waals surface area contributed by atoms with E-state index in [9.17, 15) is 18.0 Å². The third-order valence-corrected chi connectivity index (χ3v) is 2.11. The number of hydrogen-bond acceptors (Lipinski definition) is 2. The van der Waals surface area contributed by atoms with Gasteiger partial charge in [-0.15, -0.1) is 0 Å². The van der Waals surface area contributed by atoms with Gasteiger partial charge in [0.15, 0.2) is 0 Å². The van der Waals surface area contributed by atoms with E-state index in [2.05, 4.69) is 22.7 Å². The molecule has 3 N–H and O–H groups in total. The van der Waals surface area contributed by atoms with Crippen molar-refractivity contribution in [2.75, 3.05) is 7.05 Å². The number of nitrogens with one attached hydrogen (secondary N) is 3. The SMILES string of the molecule is C=C(NNC(=O)NC)c1ccc(C(F)(F)F)cc1. The Balaban J connectivity index is 2.68. The molecule has 0 heterocycles. The lowest BCUT2D eigenvalue weighted by molar-refractivity contribution is -0.137. The number of benzene rings is 1. The molecule has 0 fully saturated rings. The van der Waals surface area contributed by atoms with E-state index in [1.54, 1.807) is 0 Å². The summed E-state index contributed by atoms with van der Waals surface area (Å²) in [6.45, 7) is 3.59. The minimum Gasteiger partial charge on any atom is -0.340 e. The van der Waals surface area contributed by atoms with Crippen LogP contribution in [0.15, 0.2) is 30.8 Å². The normalized spacial score (nSPS) is 10.7. The van der Waals surface area contributed by atoms with Gasteiger partial charge in [-0.05, 0) is 17.7 Å². The molecule has 0 unspecified atom stereocenters. The fraction of sp³-hybridized carbons (Fsp3) is 0.182. The summed E-state index contributed by atoms with van der Waals surface area (Å²) >= 11 is 0. The highest BCUT2D eigenvalue weighted by Crippen LogP contribution is 2.29. The topological polar surface area (TPSA) is 53.2 Å². The molecule has 98 valence electrons. The monoisotopic (exact) mass is 259 g/mol. The van der Waals surface area contributed by atoms with E-state index >= 15 is 0 Å². The fourth-order valence-electron chi connectivity index (χ4n) is 1.13. The van der Waals surface area contributed by atoms with E-state index in [4.69, 9.17) is 0 Å². The Bertz CT molecular complexity index is 440. The number of alkyl halides is 3. The van der Waals surface area contributed by atoms with Gasteiger partial charge in [-0.25, -0.2) is 4.79 Å². The van der Waals surface area contributed by atoms with Crippen LogP contribution >= 0.6 is 0 Å². The van der Waals surface area contributed by atoms with Crippen LogP contribution in [0.3, 0.4) is 0 Å². The molecule has 0 radical (unpaired) electrons. The van der Waals surface area contributed by atoms with Crippen LogP contribution in [-0.2, 0) is 6.18 Å². The molecule has 0 aliphatic heterocycles. The van der Waals surface area contributed by atoms with Crippen molar-refractivity contribution in [3.63, 3.8) is 0 Å². The van der Waals surface area contributed by atoms with Crippen LogP contribution in [0.1, 0.15) is 11.1 Å². The first-order chi connectivity index (χ1) is 8.34. The lowest BCUT2D eigenvalue weighted by Gasteiger charge is -2.12. The second kappa shape index (κ2) is 5.44. The summed E-state index contributed by atoms with van der Waals surface area (Å²) in [6, 6.07) is 3.94. The van der Waals surface area contributed by atoms with Crippen LogP contribution in [0.25, 0.3) is 5.70 Å². The molecule has 4 nitrogen and oxygen atoms in total. The molecule has 18 heavy (non-hydrogen) atoms. The Labute approximate surface area is 102 Å². The quantitative estimate of drug-likeness (QED) is 0.728. The average Bonchev–Trinajstić information content (AvgIpc) is 2.34. The molecule has 1 aromatic rings. The molecule has 0 atom stereocenters. The number of rotatable bonds is 3. The third kappa shape index (κ3) is 3.69.